The molecule has 146 valence electrons. The van der Waals surface area contributed by atoms with Gasteiger partial charge in [0.1, 0.15) is 0 Å². The summed E-state index contributed by atoms with van der Waals surface area (Å²) < 4.78 is 1.98. The summed E-state index contributed by atoms with van der Waals surface area (Å²) in [4.78, 5) is 13.0. The van der Waals surface area contributed by atoms with Crippen molar-refractivity contribution in [2.45, 2.75) is 38.9 Å². The van der Waals surface area contributed by atoms with Crippen LogP contribution in [0.1, 0.15) is 29.8 Å². The molecule has 0 unspecified atom stereocenters. The highest BCUT2D eigenvalue weighted by molar-refractivity contribution is 5.30. The smallest absolute Gasteiger partial charge is 0.0925 e. The van der Waals surface area contributed by atoms with Crippen LogP contribution in [0.3, 0.4) is 0 Å². The van der Waals surface area contributed by atoms with Crippen LogP contribution >= 0.6 is 0 Å². The fraction of sp³-hybridized carbons (Fsp3) is 0.455. The third-order valence-electron chi connectivity index (χ3n) is 6.25. The van der Waals surface area contributed by atoms with Gasteiger partial charge >= 0.3 is 0 Å². The number of hydrogen-bond acceptors (Lipinski definition) is 4. The molecular weight excluding hydrogens is 348 g/mol. The molecule has 0 saturated carbocycles. The zero-order valence-electron chi connectivity index (χ0n) is 16.5. The first-order valence-corrected chi connectivity index (χ1v) is 10.3. The largest absolute Gasteiger partial charge is 0.348 e. The molecule has 3 aliphatic heterocycles. The van der Waals surface area contributed by atoms with Crippen LogP contribution in [-0.2, 0) is 13.1 Å². The first-order chi connectivity index (χ1) is 13.7. The van der Waals surface area contributed by atoms with Crippen molar-refractivity contribution < 1.29 is 0 Å². The Kier molecular flexibility index (Phi) is 4.74. The number of hydrogen-bond donors (Lipinski definition) is 1. The molecule has 1 N–H and O–H groups in total. The van der Waals surface area contributed by atoms with Gasteiger partial charge in [-0.2, -0.15) is 5.10 Å². The fourth-order valence-corrected chi connectivity index (χ4v) is 4.76. The predicted octanol–water partition coefficient (Wildman–Crippen LogP) is 3.00. The minimum atomic E-state index is 0.623. The molecular formula is C22H28N6. The number of benzene rings is 1. The quantitative estimate of drug-likeness (QED) is 0.744. The predicted molar refractivity (Wildman–Crippen MR) is 109 cm³/mol. The molecule has 6 heteroatoms. The Morgan fingerprint density at radius 3 is 2.79 bits per heavy atom. The van der Waals surface area contributed by atoms with Crippen LogP contribution in [0, 0.1) is 12.8 Å². The van der Waals surface area contributed by atoms with Crippen LogP contribution in [0.15, 0.2) is 49.1 Å². The first-order valence-electron chi connectivity index (χ1n) is 10.3. The maximum absolute atomic E-state index is 4.58. The lowest BCUT2D eigenvalue weighted by Crippen LogP contribution is -2.43. The summed E-state index contributed by atoms with van der Waals surface area (Å²) in [6.07, 6.45) is 8.66. The number of H-pyrrole nitrogens is 1. The van der Waals surface area contributed by atoms with E-state index in [1.165, 1.54) is 42.9 Å². The molecule has 3 fully saturated rings. The Labute approximate surface area is 166 Å². The van der Waals surface area contributed by atoms with Crippen molar-refractivity contribution in [1.29, 1.82) is 0 Å². The lowest BCUT2D eigenvalue weighted by molar-refractivity contribution is 0.123. The minimum Gasteiger partial charge on any atom is -0.348 e. The summed E-state index contributed by atoms with van der Waals surface area (Å²) in [7, 11) is 0. The number of aromatic amines is 1. The number of rotatable bonds is 5. The maximum Gasteiger partial charge on any atom is 0.0925 e. The summed E-state index contributed by atoms with van der Waals surface area (Å²) in [5.41, 5.74) is 4.80. The Bertz CT molecular complexity index is 914. The normalized spacial score (nSPS) is 23.2. The van der Waals surface area contributed by atoms with Crippen molar-refractivity contribution in [1.82, 2.24) is 29.5 Å². The number of para-hydroxylation sites is 1. The number of nitrogens with one attached hydrogen (secondary N) is 1. The van der Waals surface area contributed by atoms with E-state index in [1.54, 1.807) is 0 Å². The van der Waals surface area contributed by atoms with Gasteiger partial charge in [-0.15, -0.1) is 0 Å². The van der Waals surface area contributed by atoms with Crippen molar-refractivity contribution in [2.75, 3.05) is 19.6 Å². The summed E-state index contributed by atoms with van der Waals surface area (Å²) >= 11 is 0. The SMILES string of the molecule is Cc1[nH]cnc1CN1C[C@@H]2CC[C@H](C1)N(Cc1cnn(-c3ccccc3)c1)C2. The van der Waals surface area contributed by atoms with Crippen molar-refractivity contribution in [2.24, 2.45) is 5.92 Å². The van der Waals surface area contributed by atoms with Gasteiger partial charge in [-0.3, -0.25) is 9.80 Å². The molecule has 6 nitrogen and oxygen atoms in total. The van der Waals surface area contributed by atoms with Gasteiger partial charge in [-0.05, 0) is 37.8 Å². The molecule has 2 atom stereocenters. The van der Waals surface area contributed by atoms with Crippen LogP contribution in [0.4, 0.5) is 0 Å². The molecule has 1 aromatic carbocycles. The molecule has 0 aliphatic carbocycles. The Morgan fingerprint density at radius 2 is 1.96 bits per heavy atom. The number of aryl methyl sites for hydroxylation is 1. The van der Waals surface area contributed by atoms with Gasteiger partial charge in [0.25, 0.3) is 0 Å². The highest BCUT2D eigenvalue weighted by atomic mass is 15.3. The molecule has 2 aromatic heterocycles. The molecule has 5 heterocycles. The van der Waals surface area contributed by atoms with E-state index >= 15 is 0 Å². The van der Waals surface area contributed by atoms with E-state index in [9.17, 15) is 0 Å². The first kappa shape index (κ1) is 17.6. The molecule has 3 aromatic rings. The topological polar surface area (TPSA) is 53.0 Å². The average Bonchev–Trinajstić information content (AvgIpc) is 3.24. The lowest BCUT2D eigenvalue weighted by Gasteiger charge is -2.35. The van der Waals surface area contributed by atoms with Crippen molar-refractivity contribution in [3.05, 3.63) is 66.0 Å². The molecule has 3 saturated heterocycles. The zero-order chi connectivity index (χ0) is 18.9. The molecule has 3 aliphatic rings. The molecule has 2 bridgehead atoms. The Balaban J connectivity index is 1.27. The number of fused-ring (bicyclic) bond motifs is 4. The second-order valence-electron chi connectivity index (χ2n) is 8.32. The van der Waals surface area contributed by atoms with E-state index in [0.717, 1.165) is 31.2 Å². The molecule has 0 amide bonds. The van der Waals surface area contributed by atoms with Gasteiger partial charge in [0.15, 0.2) is 0 Å². The van der Waals surface area contributed by atoms with Gasteiger partial charge in [0.2, 0.25) is 0 Å². The summed E-state index contributed by atoms with van der Waals surface area (Å²) in [6, 6.07) is 11.0. The Hall–Kier alpha value is -2.44. The molecule has 0 spiro atoms. The number of aromatic nitrogens is 4. The van der Waals surface area contributed by atoms with E-state index in [2.05, 4.69) is 62.3 Å². The average molecular weight is 377 g/mol. The van der Waals surface area contributed by atoms with Crippen LogP contribution in [0.5, 0.6) is 0 Å². The van der Waals surface area contributed by atoms with Crippen LogP contribution in [0.2, 0.25) is 0 Å². The Morgan fingerprint density at radius 1 is 1.07 bits per heavy atom. The summed E-state index contributed by atoms with van der Waals surface area (Å²) in [5, 5.41) is 4.58. The number of nitrogens with zero attached hydrogens (tertiary/aromatic N) is 5. The van der Waals surface area contributed by atoms with Gasteiger partial charge in [0, 0.05) is 56.2 Å². The molecule has 6 rings (SSSR count). The second-order valence-corrected chi connectivity index (χ2v) is 8.32. The second kappa shape index (κ2) is 7.53. The van der Waals surface area contributed by atoms with Crippen LogP contribution in [0.25, 0.3) is 5.69 Å². The van der Waals surface area contributed by atoms with E-state index < -0.39 is 0 Å². The highest BCUT2D eigenvalue weighted by Crippen LogP contribution is 2.30. The maximum atomic E-state index is 4.58. The van der Waals surface area contributed by atoms with Crippen molar-refractivity contribution in [3.63, 3.8) is 0 Å². The monoisotopic (exact) mass is 376 g/mol. The number of piperidine rings is 1. The minimum absolute atomic E-state index is 0.623. The van der Waals surface area contributed by atoms with E-state index in [0.29, 0.717) is 6.04 Å². The molecule has 28 heavy (non-hydrogen) atoms. The highest BCUT2D eigenvalue weighted by Gasteiger charge is 2.35. The standard InChI is InChI=1S/C22H28N6/c1-17-22(24-16-23-17)15-26-10-18-7-8-21(14-26)27(11-18)12-19-9-25-28(13-19)20-5-3-2-4-6-20/h2-6,9,13,16,18,21H,7-8,10-12,14-15H2,1H3,(H,23,24)/t18-,21+/m0/s1. The number of imidazole rings is 1. The third-order valence-corrected chi connectivity index (χ3v) is 6.25. The van der Waals surface area contributed by atoms with E-state index in [1.807, 2.05) is 23.3 Å². The van der Waals surface area contributed by atoms with Crippen molar-refractivity contribution >= 4 is 0 Å². The lowest BCUT2D eigenvalue weighted by atomic mass is 9.95. The zero-order valence-corrected chi connectivity index (χ0v) is 16.5. The van der Waals surface area contributed by atoms with Gasteiger partial charge in [0.05, 0.1) is 23.9 Å². The van der Waals surface area contributed by atoms with Gasteiger partial charge in [-0.1, -0.05) is 18.2 Å². The third kappa shape index (κ3) is 3.62. The summed E-state index contributed by atoms with van der Waals surface area (Å²) in [6.45, 7) is 7.58. The van der Waals surface area contributed by atoms with Gasteiger partial charge < -0.3 is 4.98 Å². The summed E-state index contributed by atoms with van der Waals surface area (Å²) in [5.74, 6) is 0.752. The van der Waals surface area contributed by atoms with E-state index in [-0.39, 0.29) is 0 Å². The fourth-order valence-electron chi connectivity index (χ4n) is 4.76. The van der Waals surface area contributed by atoms with Gasteiger partial charge in [-0.25, -0.2) is 9.67 Å². The van der Waals surface area contributed by atoms with Crippen molar-refractivity contribution in [3.8, 4) is 5.69 Å². The van der Waals surface area contributed by atoms with Crippen LogP contribution in [-0.4, -0.2) is 55.2 Å². The van der Waals surface area contributed by atoms with E-state index in [4.69, 9.17) is 0 Å². The van der Waals surface area contributed by atoms with Crippen LogP contribution < -0.4 is 0 Å². The molecule has 0 radical (unpaired) electrons.